The molecule has 1 aliphatic rings. The third-order valence-electron chi connectivity index (χ3n) is 5.05. The molecule has 0 saturated carbocycles. The first-order valence-electron chi connectivity index (χ1n) is 10.3. The van der Waals surface area contributed by atoms with Crippen molar-refractivity contribution in [1.82, 2.24) is 5.32 Å². The van der Waals surface area contributed by atoms with Gasteiger partial charge < -0.3 is 19.5 Å². The third kappa shape index (κ3) is 5.20. The molecule has 0 aromatic heterocycles. The van der Waals surface area contributed by atoms with E-state index in [0.29, 0.717) is 22.9 Å². The highest BCUT2D eigenvalue weighted by atomic mass is 32.2. The SMILES string of the molecule is COc1cccc(N(CC(=O)NCC2COc3ccccc3O2)S(=O)(=O)c2ccccc2)c1. The molecule has 33 heavy (non-hydrogen) atoms. The Hall–Kier alpha value is -3.72. The number of nitrogens with zero attached hydrogens (tertiary/aromatic N) is 1. The van der Waals surface area contributed by atoms with E-state index in [2.05, 4.69) is 5.32 Å². The number of methoxy groups -OCH3 is 1. The Kier molecular flexibility index (Phi) is 6.69. The van der Waals surface area contributed by atoms with Crippen molar-refractivity contribution in [2.45, 2.75) is 11.0 Å². The van der Waals surface area contributed by atoms with E-state index in [9.17, 15) is 13.2 Å². The largest absolute Gasteiger partial charge is 0.497 e. The molecule has 1 N–H and O–H groups in total. The molecule has 1 heterocycles. The summed E-state index contributed by atoms with van der Waals surface area (Å²) in [6.07, 6.45) is -0.389. The molecule has 172 valence electrons. The van der Waals surface area contributed by atoms with Crippen LogP contribution in [0.2, 0.25) is 0 Å². The van der Waals surface area contributed by atoms with Gasteiger partial charge in [0.1, 0.15) is 25.0 Å². The van der Waals surface area contributed by atoms with Gasteiger partial charge in [0.15, 0.2) is 11.5 Å². The third-order valence-corrected chi connectivity index (χ3v) is 6.84. The fourth-order valence-electron chi connectivity index (χ4n) is 3.38. The molecule has 0 aliphatic carbocycles. The summed E-state index contributed by atoms with van der Waals surface area (Å²) in [6.45, 7) is 0.0399. The Morgan fingerprint density at radius 1 is 1.03 bits per heavy atom. The lowest BCUT2D eigenvalue weighted by molar-refractivity contribution is -0.120. The van der Waals surface area contributed by atoms with E-state index in [4.69, 9.17) is 14.2 Å². The lowest BCUT2D eigenvalue weighted by Crippen LogP contribution is -2.45. The van der Waals surface area contributed by atoms with E-state index in [1.165, 1.54) is 19.2 Å². The maximum atomic E-state index is 13.4. The summed E-state index contributed by atoms with van der Waals surface area (Å²) in [4.78, 5) is 12.9. The summed E-state index contributed by atoms with van der Waals surface area (Å²) < 4.78 is 44.5. The van der Waals surface area contributed by atoms with Crippen LogP contribution in [-0.2, 0) is 14.8 Å². The van der Waals surface area contributed by atoms with E-state index in [0.717, 1.165) is 4.31 Å². The van der Waals surface area contributed by atoms with Crippen molar-refractivity contribution in [2.75, 3.05) is 31.1 Å². The lowest BCUT2D eigenvalue weighted by Gasteiger charge is -2.27. The van der Waals surface area contributed by atoms with E-state index >= 15 is 0 Å². The number of para-hydroxylation sites is 2. The lowest BCUT2D eigenvalue weighted by atomic mass is 10.2. The highest BCUT2D eigenvalue weighted by Crippen LogP contribution is 2.31. The monoisotopic (exact) mass is 468 g/mol. The van der Waals surface area contributed by atoms with E-state index < -0.39 is 22.5 Å². The summed E-state index contributed by atoms with van der Waals surface area (Å²) >= 11 is 0. The van der Waals surface area contributed by atoms with Crippen LogP contribution < -0.4 is 23.8 Å². The minimum Gasteiger partial charge on any atom is -0.497 e. The number of nitrogens with one attached hydrogen (secondary N) is 1. The molecule has 1 unspecified atom stereocenters. The first-order chi connectivity index (χ1) is 16.0. The summed E-state index contributed by atoms with van der Waals surface area (Å²) in [7, 11) is -2.50. The van der Waals surface area contributed by atoms with Crippen LogP contribution >= 0.6 is 0 Å². The molecule has 0 spiro atoms. The Morgan fingerprint density at radius 3 is 2.52 bits per heavy atom. The standard InChI is InChI=1S/C24H24N2O6S/c1-30-19-9-7-8-18(14-19)26(33(28,29)21-10-3-2-4-11-21)16-24(27)25-15-20-17-31-22-12-5-6-13-23(22)32-20/h2-14,20H,15-17H2,1H3,(H,25,27). The first kappa shape index (κ1) is 22.5. The quantitative estimate of drug-likeness (QED) is 0.546. The van der Waals surface area contributed by atoms with Crippen molar-refractivity contribution >= 4 is 21.6 Å². The maximum Gasteiger partial charge on any atom is 0.264 e. The maximum absolute atomic E-state index is 13.4. The molecular weight excluding hydrogens is 444 g/mol. The van der Waals surface area contributed by atoms with Crippen LogP contribution in [0.4, 0.5) is 5.69 Å². The summed E-state index contributed by atoms with van der Waals surface area (Å²) in [5, 5.41) is 2.75. The van der Waals surface area contributed by atoms with Gasteiger partial charge in [0.05, 0.1) is 24.2 Å². The second-order valence-electron chi connectivity index (χ2n) is 7.33. The van der Waals surface area contributed by atoms with Crippen molar-refractivity contribution in [3.63, 3.8) is 0 Å². The zero-order chi connectivity index (χ0) is 23.3. The average molecular weight is 469 g/mol. The molecule has 0 fully saturated rings. The Bertz CT molecular complexity index is 1220. The Morgan fingerprint density at radius 2 is 1.76 bits per heavy atom. The summed E-state index contributed by atoms with van der Waals surface area (Å²) in [6, 6.07) is 21.8. The van der Waals surface area contributed by atoms with Crippen LogP contribution in [0.1, 0.15) is 0 Å². The molecule has 1 atom stereocenters. The normalized spacial score (nSPS) is 14.9. The smallest absolute Gasteiger partial charge is 0.264 e. The topological polar surface area (TPSA) is 94.2 Å². The zero-order valence-electron chi connectivity index (χ0n) is 18.0. The van der Waals surface area contributed by atoms with Crippen molar-refractivity contribution < 1.29 is 27.4 Å². The minimum atomic E-state index is -4.00. The van der Waals surface area contributed by atoms with Crippen molar-refractivity contribution in [1.29, 1.82) is 0 Å². The molecule has 8 nitrogen and oxygen atoms in total. The van der Waals surface area contributed by atoms with E-state index in [1.807, 2.05) is 18.2 Å². The van der Waals surface area contributed by atoms with Crippen LogP contribution in [0.15, 0.2) is 83.8 Å². The van der Waals surface area contributed by atoms with Crippen LogP contribution in [0.5, 0.6) is 17.2 Å². The Balaban J connectivity index is 1.50. The predicted molar refractivity (Wildman–Crippen MR) is 123 cm³/mol. The molecule has 0 radical (unpaired) electrons. The van der Waals surface area contributed by atoms with Gasteiger partial charge in [0.2, 0.25) is 5.91 Å². The number of fused-ring (bicyclic) bond motifs is 1. The molecule has 0 saturated heterocycles. The van der Waals surface area contributed by atoms with Gasteiger partial charge in [-0.05, 0) is 36.4 Å². The fourth-order valence-corrected chi connectivity index (χ4v) is 4.81. The average Bonchev–Trinajstić information content (AvgIpc) is 2.86. The number of hydrogen-bond donors (Lipinski definition) is 1. The number of hydrogen-bond acceptors (Lipinski definition) is 6. The van der Waals surface area contributed by atoms with Gasteiger partial charge in [0.25, 0.3) is 10.0 Å². The number of carbonyl (C=O) groups is 1. The van der Waals surface area contributed by atoms with E-state index in [-0.39, 0.29) is 24.2 Å². The van der Waals surface area contributed by atoms with Crippen LogP contribution in [0, 0.1) is 0 Å². The molecule has 0 bridgehead atoms. The number of rotatable bonds is 8. The van der Waals surface area contributed by atoms with Gasteiger partial charge in [-0.2, -0.15) is 0 Å². The van der Waals surface area contributed by atoms with Gasteiger partial charge in [-0.25, -0.2) is 8.42 Å². The molecule has 3 aromatic carbocycles. The highest BCUT2D eigenvalue weighted by Gasteiger charge is 2.28. The van der Waals surface area contributed by atoms with Crippen LogP contribution in [0.3, 0.4) is 0 Å². The molecule has 9 heteroatoms. The number of benzene rings is 3. The number of sulfonamides is 1. The van der Waals surface area contributed by atoms with Gasteiger partial charge in [-0.3, -0.25) is 9.10 Å². The molecule has 3 aromatic rings. The second-order valence-corrected chi connectivity index (χ2v) is 9.19. The summed E-state index contributed by atoms with van der Waals surface area (Å²) in [5.74, 6) is 1.26. The Labute approximate surface area is 192 Å². The van der Waals surface area contributed by atoms with Crippen LogP contribution in [0.25, 0.3) is 0 Å². The van der Waals surface area contributed by atoms with Crippen LogP contribution in [-0.4, -0.2) is 47.2 Å². The van der Waals surface area contributed by atoms with Gasteiger partial charge in [-0.15, -0.1) is 0 Å². The molecule has 1 aliphatic heterocycles. The molecular formula is C24H24N2O6S. The zero-order valence-corrected chi connectivity index (χ0v) is 18.8. The number of carbonyl (C=O) groups excluding carboxylic acids is 1. The first-order valence-corrected chi connectivity index (χ1v) is 11.8. The minimum absolute atomic E-state index is 0.0845. The van der Waals surface area contributed by atoms with E-state index in [1.54, 1.807) is 48.5 Å². The summed E-state index contributed by atoms with van der Waals surface area (Å²) in [5.41, 5.74) is 0.319. The van der Waals surface area contributed by atoms with Crippen molar-refractivity contribution in [3.05, 3.63) is 78.9 Å². The fraction of sp³-hybridized carbons (Fsp3) is 0.208. The number of amides is 1. The number of ether oxygens (including phenoxy) is 3. The predicted octanol–water partition coefficient (Wildman–Crippen LogP) is 2.85. The molecule has 4 rings (SSSR count). The number of anilines is 1. The highest BCUT2D eigenvalue weighted by molar-refractivity contribution is 7.92. The van der Waals surface area contributed by atoms with Gasteiger partial charge in [-0.1, -0.05) is 36.4 Å². The van der Waals surface area contributed by atoms with Gasteiger partial charge >= 0.3 is 0 Å². The second kappa shape index (κ2) is 9.83. The van der Waals surface area contributed by atoms with Crippen molar-refractivity contribution in [3.8, 4) is 17.2 Å². The molecule has 1 amide bonds. The van der Waals surface area contributed by atoms with Gasteiger partial charge in [0, 0.05) is 6.07 Å². The van der Waals surface area contributed by atoms with Crippen molar-refractivity contribution in [2.24, 2.45) is 0 Å².